The molecule has 2 aliphatic carbocycles. The number of hydrogen-bond acceptors (Lipinski definition) is 4. The number of benzene rings is 1. The van der Waals surface area contributed by atoms with Crippen LogP contribution in [-0.2, 0) is 0 Å². The lowest BCUT2D eigenvalue weighted by Crippen LogP contribution is -2.15. The van der Waals surface area contributed by atoms with E-state index in [2.05, 4.69) is 14.8 Å². The molecule has 1 heterocycles. The summed E-state index contributed by atoms with van der Waals surface area (Å²) in [6.45, 7) is 1.76. The third-order valence-corrected chi connectivity index (χ3v) is 5.46. The summed E-state index contributed by atoms with van der Waals surface area (Å²) in [4.78, 5) is 12.5. The van der Waals surface area contributed by atoms with Crippen LogP contribution in [0.4, 0.5) is 8.78 Å². The molecule has 2 fully saturated rings. The van der Waals surface area contributed by atoms with Gasteiger partial charge in [0, 0.05) is 17.5 Å². The van der Waals surface area contributed by atoms with E-state index in [1.807, 2.05) is 0 Å². The van der Waals surface area contributed by atoms with E-state index in [0.717, 1.165) is 48.8 Å². The van der Waals surface area contributed by atoms with Crippen molar-refractivity contribution < 1.29 is 13.6 Å². The highest BCUT2D eigenvalue weighted by Crippen LogP contribution is 2.46. The Labute approximate surface area is 142 Å². The molecule has 1 unspecified atom stereocenters. The number of carbonyl (C=O) groups excluding carboxylic acids is 1. The van der Waals surface area contributed by atoms with Gasteiger partial charge < -0.3 is 4.57 Å². The topological polar surface area (TPSA) is 47.8 Å². The summed E-state index contributed by atoms with van der Waals surface area (Å²) in [5.74, 6) is -0.654. The molecular weight excluding hydrogens is 332 g/mol. The van der Waals surface area contributed by atoms with Gasteiger partial charge in [0.25, 0.3) is 0 Å². The van der Waals surface area contributed by atoms with Crippen LogP contribution in [0.25, 0.3) is 0 Å². The molecule has 1 aromatic heterocycles. The number of nitrogens with zero attached hydrogens (tertiary/aromatic N) is 3. The molecule has 126 valence electrons. The van der Waals surface area contributed by atoms with E-state index in [1.54, 1.807) is 6.92 Å². The Morgan fingerprint density at radius 3 is 2.58 bits per heavy atom. The molecule has 0 radical (unpaired) electrons. The molecule has 4 rings (SSSR count). The summed E-state index contributed by atoms with van der Waals surface area (Å²) >= 11 is 1.34. The van der Waals surface area contributed by atoms with Gasteiger partial charge in [-0.15, -0.1) is 10.2 Å². The van der Waals surface area contributed by atoms with Gasteiger partial charge in [0.2, 0.25) is 0 Å². The molecule has 0 saturated heterocycles. The van der Waals surface area contributed by atoms with Crippen LogP contribution in [0, 0.1) is 11.6 Å². The summed E-state index contributed by atoms with van der Waals surface area (Å²) < 4.78 is 28.6. The Morgan fingerprint density at radius 2 is 1.96 bits per heavy atom. The van der Waals surface area contributed by atoms with Crippen LogP contribution in [0.5, 0.6) is 0 Å². The van der Waals surface area contributed by atoms with E-state index in [0.29, 0.717) is 12.0 Å². The van der Waals surface area contributed by atoms with Gasteiger partial charge >= 0.3 is 0 Å². The molecule has 0 bridgehead atoms. The van der Waals surface area contributed by atoms with Crippen molar-refractivity contribution in [3.05, 3.63) is 41.2 Å². The van der Waals surface area contributed by atoms with Crippen LogP contribution in [0.1, 0.15) is 60.7 Å². The highest BCUT2D eigenvalue weighted by molar-refractivity contribution is 8.00. The van der Waals surface area contributed by atoms with Crippen molar-refractivity contribution >= 4 is 17.5 Å². The van der Waals surface area contributed by atoms with E-state index in [-0.39, 0.29) is 11.3 Å². The van der Waals surface area contributed by atoms with Crippen molar-refractivity contribution in [3.8, 4) is 0 Å². The maximum Gasteiger partial charge on any atom is 0.192 e. The second-order valence-electron chi connectivity index (χ2n) is 6.47. The minimum absolute atomic E-state index is 0.175. The number of aromatic nitrogens is 3. The fourth-order valence-corrected chi connectivity index (χ4v) is 3.76. The van der Waals surface area contributed by atoms with E-state index < -0.39 is 16.9 Å². The average Bonchev–Trinajstić information content (AvgIpc) is 3.48. The number of thioether (sulfide) groups is 1. The monoisotopic (exact) mass is 349 g/mol. The van der Waals surface area contributed by atoms with Gasteiger partial charge in [-0.1, -0.05) is 11.8 Å². The fraction of sp³-hybridized carbons (Fsp3) is 0.471. The van der Waals surface area contributed by atoms with Gasteiger partial charge in [-0.25, -0.2) is 8.78 Å². The number of ketones is 1. The number of carbonyl (C=O) groups is 1. The maximum absolute atomic E-state index is 13.3. The summed E-state index contributed by atoms with van der Waals surface area (Å²) in [5, 5.41) is 8.91. The van der Waals surface area contributed by atoms with Gasteiger partial charge in [0.05, 0.1) is 5.25 Å². The van der Waals surface area contributed by atoms with Gasteiger partial charge in [0.15, 0.2) is 22.6 Å². The van der Waals surface area contributed by atoms with Crippen molar-refractivity contribution in [1.82, 2.24) is 14.8 Å². The SMILES string of the molecule is CC(Sc1nnc(C2CC2)n1C1CC1)C(=O)c1ccc(F)c(F)c1. The number of halogens is 2. The van der Waals surface area contributed by atoms with E-state index in [9.17, 15) is 13.6 Å². The normalized spacial score (nSPS) is 18.6. The smallest absolute Gasteiger partial charge is 0.192 e. The zero-order valence-corrected chi connectivity index (χ0v) is 14.0. The number of rotatable bonds is 6. The first kappa shape index (κ1) is 15.7. The minimum atomic E-state index is -1.00. The predicted octanol–water partition coefficient (Wildman–Crippen LogP) is 4.13. The predicted molar refractivity (Wildman–Crippen MR) is 86.3 cm³/mol. The van der Waals surface area contributed by atoms with Gasteiger partial charge in [-0.05, 0) is 50.8 Å². The summed E-state index contributed by atoms with van der Waals surface area (Å²) in [6.07, 6.45) is 4.55. The molecular formula is C17H17F2N3OS. The van der Waals surface area contributed by atoms with Crippen LogP contribution in [0.15, 0.2) is 23.4 Å². The molecule has 1 aromatic carbocycles. The first-order chi connectivity index (χ1) is 11.5. The van der Waals surface area contributed by atoms with Crippen LogP contribution in [-0.4, -0.2) is 25.8 Å². The summed E-state index contributed by atoms with van der Waals surface area (Å²) in [5.41, 5.74) is 0.175. The molecule has 0 amide bonds. The van der Waals surface area contributed by atoms with E-state index >= 15 is 0 Å². The van der Waals surface area contributed by atoms with Crippen LogP contribution < -0.4 is 0 Å². The molecule has 24 heavy (non-hydrogen) atoms. The Balaban J connectivity index is 1.54. The summed E-state index contributed by atoms with van der Waals surface area (Å²) in [7, 11) is 0. The zero-order chi connectivity index (χ0) is 16.8. The molecule has 2 saturated carbocycles. The zero-order valence-electron chi connectivity index (χ0n) is 13.2. The highest BCUT2D eigenvalue weighted by atomic mass is 32.2. The van der Waals surface area contributed by atoms with Crippen molar-refractivity contribution in [2.24, 2.45) is 0 Å². The Morgan fingerprint density at radius 1 is 1.21 bits per heavy atom. The maximum atomic E-state index is 13.3. The van der Waals surface area contributed by atoms with E-state index in [4.69, 9.17) is 0 Å². The van der Waals surface area contributed by atoms with Gasteiger partial charge in [-0.2, -0.15) is 0 Å². The minimum Gasteiger partial charge on any atom is -0.303 e. The molecule has 0 spiro atoms. The second kappa shape index (κ2) is 5.95. The lowest BCUT2D eigenvalue weighted by atomic mass is 10.1. The van der Waals surface area contributed by atoms with Gasteiger partial charge in [0.1, 0.15) is 5.82 Å². The van der Waals surface area contributed by atoms with Crippen molar-refractivity contribution in [3.63, 3.8) is 0 Å². The Kier molecular flexibility index (Phi) is 3.90. The number of hydrogen-bond donors (Lipinski definition) is 0. The molecule has 2 aromatic rings. The Hall–Kier alpha value is -1.76. The molecule has 2 aliphatic rings. The van der Waals surface area contributed by atoms with Crippen molar-refractivity contribution in [2.75, 3.05) is 0 Å². The molecule has 4 nitrogen and oxygen atoms in total. The fourth-order valence-electron chi connectivity index (χ4n) is 2.76. The second-order valence-corrected chi connectivity index (χ2v) is 7.78. The van der Waals surface area contributed by atoms with Crippen molar-refractivity contribution in [1.29, 1.82) is 0 Å². The average molecular weight is 349 g/mol. The lowest BCUT2D eigenvalue weighted by molar-refractivity contribution is 0.0993. The molecule has 7 heteroatoms. The largest absolute Gasteiger partial charge is 0.303 e. The Bertz CT molecular complexity index is 799. The van der Waals surface area contributed by atoms with Crippen LogP contribution in [0.3, 0.4) is 0 Å². The van der Waals surface area contributed by atoms with Crippen molar-refractivity contribution in [2.45, 2.75) is 55.0 Å². The quantitative estimate of drug-likeness (QED) is 0.581. The van der Waals surface area contributed by atoms with Crippen LogP contribution in [0.2, 0.25) is 0 Å². The summed E-state index contributed by atoms with van der Waals surface area (Å²) in [6, 6.07) is 3.70. The standard InChI is InChI=1S/C17H17F2N3OS/c1-9(15(23)11-4-7-13(18)14(19)8-11)24-17-21-20-16(10-2-3-10)22(17)12-5-6-12/h4,7-10,12H,2-3,5-6H2,1H3. The third-order valence-electron chi connectivity index (χ3n) is 4.40. The van der Waals surface area contributed by atoms with Crippen LogP contribution >= 0.6 is 11.8 Å². The molecule has 0 N–H and O–H groups in total. The first-order valence-corrected chi connectivity index (χ1v) is 9.03. The third kappa shape index (κ3) is 2.97. The van der Waals surface area contributed by atoms with Gasteiger partial charge in [-0.3, -0.25) is 4.79 Å². The first-order valence-electron chi connectivity index (χ1n) is 8.15. The highest BCUT2D eigenvalue weighted by Gasteiger charge is 2.37. The molecule has 1 atom stereocenters. The number of Topliss-reactive ketones (excluding diaryl/α,β-unsaturated/α-hetero) is 1. The molecule has 0 aliphatic heterocycles. The lowest BCUT2D eigenvalue weighted by Gasteiger charge is -2.12. The van der Waals surface area contributed by atoms with E-state index in [1.165, 1.54) is 17.8 Å².